The second-order valence-electron chi connectivity index (χ2n) is 5.39. The van der Waals surface area contributed by atoms with E-state index in [0.717, 1.165) is 11.7 Å². The molecule has 3 rings (SSSR count). The molecule has 0 spiro atoms. The highest BCUT2D eigenvalue weighted by Gasteiger charge is 2.14. The van der Waals surface area contributed by atoms with Gasteiger partial charge in [-0.15, -0.1) is 0 Å². The lowest BCUT2D eigenvalue weighted by molar-refractivity contribution is -0.107. The predicted molar refractivity (Wildman–Crippen MR) is 93.5 cm³/mol. The molecule has 0 N–H and O–H groups in total. The van der Waals surface area contributed by atoms with E-state index in [-0.39, 0.29) is 11.7 Å². The van der Waals surface area contributed by atoms with Crippen LogP contribution in [0, 0.1) is 0 Å². The molecule has 0 aliphatic rings. The van der Waals surface area contributed by atoms with Crippen LogP contribution in [-0.2, 0) is 20.9 Å². The number of nitrogens with zero attached hydrogens (tertiary/aromatic N) is 5. The van der Waals surface area contributed by atoms with Gasteiger partial charge in [0.1, 0.15) is 12.1 Å². The first kappa shape index (κ1) is 16.5. The highest BCUT2D eigenvalue weighted by molar-refractivity contribution is 7.92. The minimum atomic E-state index is -2.33. The largest absolute Gasteiger partial charge is 0.303 e. The fourth-order valence-corrected chi connectivity index (χ4v) is 3.01. The smallest absolute Gasteiger partial charge is 0.224 e. The Labute approximate surface area is 143 Å². The van der Waals surface area contributed by atoms with Gasteiger partial charge < -0.3 is 4.79 Å². The number of aromatic nitrogens is 4. The molecule has 0 aromatic carbocycles. The summed E-state index contributed by atoms with van der Waals surface area (Å²) in [7, 11) is -2.33. The van der Waals surface area contributed by atoms with Gasteiger partial charge in [0.25, 0.3) is 0 Å². The monoisotopic (exact) mass is 363 g/mol. The predicted octanol–water partition coefficient (Wildman–Crippen LogP) is 2.57. The van der Waals surface area contributed by atoms with Crippen LogP contribution in [0.15, 0.2) is 34.8 Å². The third kappa shape index (κ3) is 3.44. The fourth-order valence-electron chi connectivity index (χ4n) is 2.33. The first-order chi connectivity index (χ1) is 11.4. The van der Waals surface area contributed by atoms with E-state index in [0.29, 0.717) is 23.0 Å². The number of carbonyl (C=O) groups is 1. The Hall–Kier alpha value is -2.32. The van der Waals surface area contributed by atoms with Gasteiger partial charge in [-0.1, -0.05) is 6.07 Å². The van der Waals surface area contributed by atoms with E-state index in [1.165, 1.54) is 12.5 Å². The summed E-state index contributed by atoms with van der Waals surface area (Å²) in [5.74, 6) is 0.864. The van der Waals surface area contributed by atoms with Gasteiger partial charge in [0, 0.05) is 45.9 Å². The molecule has 0 aliphatic heterocycles. The number of rotatable bonds is 4. The van der Waals surface area contributed by atoms with Crippen LogP contribution in [0.4, 0.5) is 5.82 Å². The zero-order valence-electron chi connectivity index (χ0n) is 13.0. The van der Waals surface area contributed by atoms with E-state index >= 15 is 0 Å². The lowest BCUT2D eigenvalue weighted by atomic mass is 10.3. The minimum Gasteiger partial charge on any atom is -0.303 e. The summed E-state index contributed by atoms with van der Waals surface area (Å²) in [5, 5.41) is 0.848. The maximum atomic E-state index is 11.9. The molecule has 0 aliphatic carbocycles. The normalized spacial score (nSPS) is 11.6. The van der Waals surface area contributed by atoms with Gasteiger partial charge in [-0.2, -0.15) is 9.35 Å². The summed E-state index contributed by atoms with van der Waals surface area (Å²) in [6.07, 6.45) is 5.66. The Balaban J connectivity index is 2.27. The van der Waals surface area contributed by atoms with Crippen LogP contribution in [0.25, 0.3) is 16.9 Å². The highest BCUT2D eigenvalue weighted by atomic mass is 35.5. The summed E-state index contributed by atoms with van der Waals surface area (Å²) in [4.78, 5) is 23.6. The number of hydrogen-bond donors (Lipinski definition) is 0. The Morgan fingerprint density at radius 3 is 2.83 bits per heavy atom. The van der Waals surface area contributed by atoms with Crippen LogP contribution in [-0.4, -0.2) is 42.5 Å². The van der Waals surface area contributed by atoms with Crippen LogP contribution in [0.3, 0.4) is 0 Å². The zero-order valence-corrected chi connectivity index (χ0v) is 14.6. The van der Waals surface area contributed by atoms with Crippen molar-refractivity contribution in [3.05, 3.63) is 41.4 Å². The standard InChI is InChI=1S/C15H14ClN5O2S/c1-24(2,23)20-12-4-3-5-13(18-12)21-11(6-7-22)8-10-9-17-15(16)19-14(10)21/h3-5,7-9H,6H2,1-2H3. The van der Waals surface area contributed by atoms with Crippen molar-refractivity contribution in [3.63, 3.8) is 0 Å². The van der Waals surface area contributed by atoms with Crippen LogP contribution in [0.5, 0.6) is 0 Å². The van der Waals surface area contributed by atoms with Gasteiger partial charge in [0.05, 0.1) is 0 Å². The summed E-state index contributed by atoms with van der Waals surface area (Å²) in [5.41, 5.74) is 1.25. The Kier molecular flexibility index (Phi) is 4.33. The van der Waals surface area contributed by atoms with Crippen LogP contribution >= 0.6 is 11.6 Å². The molecule has 3 heterocycles. The number of carbonyl (C=O) groups excluding carboxylic acids is 1. The molecule has 0 saturated heterocycles. The molecule has 0 saturated carbocycles. The second-order valence-corrected chi connectivity index (χ2v) is 8.27. The summed E-state index contributed by atoms with van der Waals surface area (Å²) < 4.78 is 17.7. The number of aldehydes is 1. The van der Waals surface area contributed by atoms with Crippen LogP contribution in [0.1, 0.15) is 5.69 Å². The Bertz CT molecular complexity index is 1050. The fraction of sp³-hybridized carbons (Fsp3) is 0.200. The minimum absolute atomic E-state index is 0.102. The molecule has 124 valence electrons. The van der Waals surface area contributed by atoms with E-state index < -0.39 is 9.73 Å². The first-order valence-corrected chi connectivity index (χ1v) is 9.69. The number of hydrogen-bond acceptors (Lipinski definition) is 6. The van der Waals surface area contributed by atoms with Crippen molar-refractivity contribution >= 4 is 44.5 Å². The number of halogens is 1. The van der Waals surface area contributed by atoms with Crippen molar-refractivity contribution in [1.82, 2.24) is 19.5 Å². The number of fused-ring (bicyclic) bond motifs is 1. The van der Waals surface area contributed by atoms with E-state index in [1.807, 2.05) is 6.07 Å². The zero-order chi connectivity index (χ0) is 17.3. The Morgan fingerprint density at radius 2 is 2.12 bits per heavy atom. The molecular weight excluding hydrogens is 350 g/mol. The molecule has 0 fully saturated rings. The quantitative estimate of drug-likeness (QED) is 0.525. The van der Waals surface area contributed by atoms with Crippen molar-refractivity contribution in [2.45, 2.75) is 6.42 Å². The van der Waals surface area contributed by atoms with Crippen molar-refractivity contribution < 1.29 is 9.00 Å². The van der Waals surface area contributed by atoms with Crippen LogP contribution < -0.4 is 0 Å². The molecule has 3 aromatic rings. The van der Waals surface area contributed by atoms with E-state index in [2.05, 4.69) is 19.3 Å². The summed E-state index contributed by atoms with van der Waals surface area (Å²) >= 11 is 5.90. The third-order valence-electron chi connectivity index (χ3n) is 3.14. The second kappa shape index (κ2) is 6.29. The molecule has 24 heavy (non-hydrogen) atoms. The highest BCUT2D eigenvalue weighted by Crippen LogP contribution is 2.24. The van der Waals surface area contributed by atoms with Crippen molar-refractivity contribution in [1.29, 1.82) is 0 Å². The Morgan fingerprint density at radius 1 is 1.33 bits per heavy atom. The van der Waals surface area contributed by atoms with Crippen molar-refractivity contribution in [3.8, 4) is 5.82 Å². The molecule has 0 radical (unpaired) electrons. The third-order valence-corrected chi connectivity index (χ3v) is 3.95. The van der Waals surface area contributed by atoms with Gasteiger partial charge in [0.2, 0.25) is 5.28 Å². The van der Waals surface area contributed by atoms with Gasteiger partial charge in [-0.05, 0) is 29.8 Å². The van der Waals surface area contributed by atoms with E-state index in [4.69, 9.17) is 11.6 Å². The average Bonchev–Trinajstić information content (AvgIpc) is 2.83. The molecule has 3 aromatic heterocycles. The topological polar surface area (TPSA) is 90.1 Å². The van der Waals surface area contributed by atoms with Gasteiger partial charge >= 0.3 is 0 Å². The van der Waals surface area contributed by atoms with E-state index in [1.54, 1.807) is 29.0 Å². The maximum absolute atomic E-state index is 11.9. The van der Waals surface area contributed by atoms with Gasteiger partial charge in [-0.25, -0.2) is 14.2 Å². The molecule has 0 amide bonds. The molecule has 0 bridgehead atoms. The van der Waals surface area contributed by atoms with Crippen molar-refractivity contribution in [2.75, 3.05) is 12.5 Å². The first-order valence-electron chi connectivity index (χ1n) is 6.98. The number of pyridine rings is 1. The van der Waals surface area contributed by atoms with Crippen molar-refractivity contribution in [2.24, 2.45) is 4.36 Å². The molecule has 9 heteroatoms. The molecule has 0 atom stereocenters. The molecule has 0 unspecified atom stereocenters. The SMILES string of the molecule is CS(C)(=O)=Nc1cccc(-n2c(CC=O)cc3cnc(Cl)nc32)n1. The summed E-state index contributed by atoms with van der Waals surface area (Å²) in [6, 6.07) is 7.00. The van der Waals surface area contributed by atoms with Crippen LogP contribution in [0.2, 0.25) is 5.28 Å². The average molecular weight is 364 g/mol. The lowest BCUT2D eigenvalue weighted by Gasteiger charge is -2.08. The lowest BCUT2D eigenvalue weighted by Crippen LogP contribution is -2.04. The maximum Gasteiger partial charge on any atom is 0.224 e. The van der Waals surface area contributed by atoms with Gasteiger partial charge in [0.15, 0.2) is 11.5 Å². The summed E-state index contributed by atoms with van der Waals surface area (Å²) in [6.45, 7) is 0. The molecule has 7 nitrogen and oxygen atoms in total. The van der Waals surface area contributed by atoms with Gasteiger partial charge in [-0.3, -0.25) is 4.57 Å². The van der Waals surface area contributed by atoms with E-state index in [9.17, 15) is 9.00 Å². The molecular formula is C15H14ClN5O2S.